The number of carboxylic acid groups (broad SMARTS) is 1. The van der Waals surface area contributed by atoms with E-state index in [0.717, 1.165) is 11.3 Å². The molecule has 0 unspecified atom stereocenters. The van der Waals surface area contributed by atoms with Gasteiger partial charge in [-0.3, -0.25) is 9.59 Å². The smallest absolute Gasteiger partial charge is 0.314 e. The molecule has 0 bridgehead atoms. The van der Waals surface area contributed by atoms with Crippen LogP contribution in [0.2, 0.25) is 0 Å². The van der Waals surface area contributed by atoms with E-state index in [-0.39, 0.29) is 19.0 Å². The van der Waals surface area contributed by atoms with Crippen molar-refractivity contribution in [3.8, 4) is 11.3 Å². The highest BCUT2D eigenvalue weighted by Gasteiger charge is 2.62. The molecule has 2 aromatic rings. The molecule has 0 saturated carbocycles. The Morgan fingerprint density at radius 2 is 1.96 bits per heavy atom. The topological polar surface area (TPSA) is 86.6 Å². The highest BCUT2D eigenvalue weighted by atomic mass is 16.4. The largest absolute Gasteiger partial charge is 0.481 e. The third kappa shape index (κ3) is 2.42. The summed E-state index contributed by atoms with van der Waals surface area (Å²) in [5, 5.41) is 18.4. The second-order valence-electron chi connectivity index (χ2n) is 6.89. The standard InChI is InChI=1S/C19H20N4O3/c1-2-22-11-19(18(25)26)12-23(10-14(19)17(22)24)16-9-8-15(20-21-16)13-6-4-3-5-7-13/h3-9,14H,2,10-12H2,1H3,(H,25,26)/t14-,19+/m1/s1. The Bertz CT molecular complexity index is 840. The fourth-order valence-electron chi connectivity index (χ4n) is 4.01. The van der Waals surface area contributed by atoms with E-state index in [1.54, 1.807) is 4.90 Å². The molecule has 26 heavy (non-hydrogen) atoms. The van der Waals surface area contributed by atoms with Gasteiger partial charge in [-0.2, -0.15) is 0 Å². The molecule has 2 aliphatic rings. The van der Waals surface area contributed by atoms with E-state index in [2.05, 4.69) is 10.2 Å². The summed E-state index contributed by atoms with van der Waals surface area (Å²) in [6.07, 6.45) is 0. The number of aromatic nitrogens is 2. The number of carbonyl (C=O) groups excluding carboxylic acids is 1. The van der Waals surface area contributed by atoms with Crippen LogP contribution in [0.4, 0.5) is 5.82 Å². The molecule has 0 spiro atoms. The van der Waals surface area contributed by atoms with Crippen molar-refractivity contribution in [1.29, 1.82) is 0 Å². The van der Waals surface area contributed by atoms with Crippen LogP contribution in [0.15, 0.2) is 42.5 Å². The lowest BCUT2D eigenvalue weighted by Crippen LogP contribution is -2.41. The molecule has 0 radical (unpaired) electrons. The summed E-state index contributed by atoms with van der Waals surface area (Å²) in [6, 6.07) is 13.5. The second-order valence-corrected chi connectivity index (χ2v) is 6.89. The number of carbonyl (C=O) groups is 2. The Kier molecular flexibility index (Phi) is 3.86. The summed E-state index contributed by atoms with van der Waals surface area (Å²) in [5.74, 6) is -0.916. The van der Waals surface area contributed by atoms with Crippen LogP contribution in [0, 0.1) is 11.3 Å². The van der Waals surface area contributed by atoms with E-state index in [1.807, 2.05) is 54.3 Å². The fraction of sp³-hybridized carbons (Fsp3) is 0.368. The van der Waals surface area contributed by atoms with Crippen LogP contribution in [0.3, 0.4) is 0 Å². The lowest BCUT2D eigenvalue weighted by atomic mass is 9.81. The Morgan fingerprint density at radius 1 is 1.19 bits per heavy atom. The molecule has 2 saturated heterocycles. The van der Waals surface area contributed by atoms with Gasteiger partial charge in [-0.1, -0.05) is 30.3 Å². The highest BCUT2D eigenvalue weighted by molar-refractivity contribution is 5.93. The molecular formula is C19H20N4O3. The molecule has 2 aliphatic heterocycles. The number of benzene rings is 1. The summed E-state index contributed by atoms with van der Waals surface area (Å²) in [4.78, 5) is 28.0. The zero-order chi connectivity index (χ0) is 18.3. The van der Waals surface area contributed by atoms with Crippen LogP contribution in [-0.2, 0) is 9.59 Å². The third-order valence-electron chi connectivity index (χ3n) is 5.48. The van der Waals surface area contributed by atoms with Gasteiger partial charge in [0, 0.05) is 31.7 Å². The van der Waals surface area contributed by atoms with Crippen LogP contribution >= 0.6 is 0 Å². The van der Waals surface area contributed by atoms with Gasteiger partial charge in [-0.05, 0) is 19.1 Å². The maximum absolute atomic E-state index is 12.5. The molecule has 134 valence electrons. The van der Waals surface area contributed by atoms with Gasteiger partial charge in [-0.25, -0.2) is 0 Å². The minimum absolute atomic E-state index is 0.0775. The van der Waals surface area contributed by atoms with Gasteiger partial charge in [0.15, 0.2) is 5.82 Å². The zero-order valence-corrected chi connectivity index (χ0v) is 14.5. The quantitative estimate of drug-likeness (QED) is 0.898. The highest BCUT2D eigenvalue weighted by Crippen LogP contribution is 2.44. The van der Waals surface area contributed by atoms with Gasteiger partial charge in [-0.15, -0.1) is 10.2 Å². The molecule has 7 heteroatoms. The monoisotopic (exact) mass is 352 g/mol. The Morgan fingerprint density at radius 3 is 2.54 bits per heavy atom. The molecule has 1 amide bonds. The number of likely N-dealkylation sites (tertiary alicyclic amines) is 1. The number of anilines is 1. The summed E-state index contributed by atoms with van der Waals surface area (Å²) >= 11 is 0. The number of aliphatic carboxylic acids is 1. The first-order valence-electron chi connectivity index (χ1n) is 8.71. The van der Waals surface area contributed by atoms with Crippen molar-refractivity contribution in [3.05, 3.63) is 42.5 Å². The van der Waals surface area contributed by atoms with E-state index in [4.69, 9.17) is 0 Å². The molecule has 4 rings (SSSR count). The number of hydrogen-bond donors (Lipinski definition) is 1. The van der Waals surface area contributed by atoms with E-state index in [0.29, 0.717) is 18.9 Å². The summed E-state index contributed by atoms with van der Waals surface area (Å²) < 4.78 is 0. The first-order chi connectivity index (χ1) is 12.5. The summed E-state index contributed by atoms with van der Waals surface area (Å²) in [5.41, 5.74) is 0.669. The predicted molar refractivity (Wildman–Crippen MR) is 95.5 cm³/mol. The minimum atomic E-state index is -1.06. The van der Waals surface area contributed by atoms with Crippen LogP contribution in [0.5, 0.6) is 0 Å². The van der Waals surface area contributed by atoms with Crippen LogP contribution in [0.1, 0.15) is 6.92 Å². The van der Waals surface area contributed by atoms with Crippen molar-refractivity contribution >= 4 is 17.7 Å². The first kappa shape index (κ1) is 16.5. The Balaban J connectivity index is 1.59. The SMILES string of the molecule is CCN1C[C@]2(C(=O)O)CN(c3ccc(-c4ccccc4)nn3)C[C@@H]2C1=O. The molecule has 3 heterocycles. The second kappa shape index (κ2) is 6.09. The molecule has 7 nitrogen and oxygen atoms in total. The molecular weight excluding hydrogens is 332 g/mol. The number of nitrogens with zero attached hydrogens (tertiary/aromatic N) is 4. The van der Waals surface area contributed by atoms with Crippen LogP contribution in [0.25, 0.3) is 11.3 Å². The van der Waals surface area contributed by atoms with E-state index in [1.165, 1.54) is 0 Å². The summed E-state index contributed by atoms with van der Waals surface area (Å²) in [7, 11) is 0. The molecule has 1 aromatic heterocycles. The summed E-state index contributed by atoms with van der Waals surface area (Å²) in [6.45, 7) is 3.31. The van der Waals surface area contributed by atoms with Gasteiger partial charge < -0.3 is 14.9 Å². The first-order valence-corrected chi connectivity index (χ1v) is 8.71. The lowest BCUT2D eigenvalue weighted by molar-refractivity contribution is -0.149. The maximum Gasteiger partial charge on any atom is 0.314 e. The van der Waals surface area contributed by atoms with Gasteiger partial charge in [0.2, 0.25) is 5.91 Å². The Labute approximate surface area is 151 Å². The van der Waals surface area contributed by atoms with Gasteiger partial charge in [0.05, 0.1) is 11.6 Å². The van der Waals surface area contributed by atoms with Crippen LogP contribution < -0.4 is 4.90 Å². The van der Waals surface area contributed by atoms with Crippen molar-refractivity contribution in [2.45, 2.75) is 6.92 Å². The molecule has 1 N–H and O–H groups in total. The number of rotatable bonds is 4. The number of fused-ring (bicyclic) bond motifs is 1. The van der Waals surface area contributed by atoms with Crippen molar-refractivity contribution in [1.82, 2.24) is 15.1 Å². The lowest BCUT2D eigenvalue weighted by Gasteiger charge is -2.25. The van der Waals surface area contributed by atoms with Crippen LogP contribution in [-0.4, -0.2) is 58.3 Å². The molecule has 1 aromatic carbocycles. The van der Waals surface area contributed by atoms with E-state index < -0.39 is 17.3 Å². The fourth-order valence-corrected chi connectivity index (χ4v) is 4.01. The predicted octanol–water partition coefficient (Wildman–Crippen LogP) is 1.51. The number of amides is 1. The zero-order valence-electron chi connectivity index (χ0n) is 14.5. The number of hydrogen-bond acceptors (Lipinski definition) is 5. The van der Waals surface area contributed by atoms with E-state index in [9.17, 15) is 14.7 Å². The normalized spacial score (nSPS) is 24.8. The molecule has 2 atom stereocenters. The minimum Gasteiger partial charge on any atom is -0.481 e. The Hall–Kier alpha value is -2.96. The molecule has 0 aliphatic carbocycles. The van der Waals surface area contributed by atoms with Gasteiger partial charge in [0.25, 0.3) is 0 Å². The van der Waals surface area contributed by atoms with Gasteiger partial charge in [0.1, 0.15) is 5.41 Å². The van der Waals surface area contributed by atoms with E-state index >= 15 is 0 Å². The van der Waals surface area contributed by atoms with Gasteiger partial charge >= 0.3 is 5.97 Å². The van der Waals surface area contributed by atoms with Crippen molar-refractivity contribution in [2.24, 2.45) is 11.3 Å². The van der Waals surface area contributed by atoms with Crippen molar-refractivity contribution < 1.29 is 14.7 Å². The average Bonchev–Trinajstić information content (AvgIpc) is 3.18. The number of carboxylic acids is 1. The third-order valence-corrected chi connectivity index (χ3v) is 5.48. The average molecular weight is 352 g/mol. The maximum atomic E-state index is 12.5. The van der Waals surface area contributed by atoms with Crippen molar-refractivity contribution in [2.75, 3.05) is 31.1 Å². The molecule has 2 fully saturated rings. The van der Waals surface area contributed by atoms with Crippen molar-refractivity contribution in [3.63, 3.8) is 0 Å².